The summed E-state index contributed by atoms with van der Waals surface area (Å²) in [7, 11) is 1.26. The van der Waals surface area contributed by atoms with Crippen molar-refractivity contribution in [2.45, 2.75) is 6.42 Å². The van der Waals surface area contributed by atoms with Crippen LogP contribution in [0.5, 0.6) is 0 Å². The highest BCUT2D eigenvalue weighted by atomic mass is 35.5. The van der Waals surface area contributed by atoms with Gasteiger partial charge in [0.15, 0.2) is 5.78 Å². The van der Waals surface area contributed by atoms with E-state index in [1.54, 1.807) is 6.07 Å². The van der Waals surface area contributed by atoms with Crippen LogP contribution in [0.4, 0.5) is 0 Å². The van der Waals surface area contributed by atoms with Crippen LogP contribution in [0.15, 0.2) is 12.1 Å². The number of hydrogen-bond donors (Lipinski definition) is 0. The number of ketones is 1. The molecule has 0 N–H and O–H groups in total. The molecule has 0 saturated carbocycles. The van der Waals surface area contributed by atoms with Gasteiger partial charge >= 0.3 is 5.97 Å². The molecular weight excluding hydrogens is 251 g/mol. The number of halogens is 2. The minimum absolute atomic E-state index is 0.250. The lowest BCUT2D eigenvalue weighted by Crippen LogP contribution is -2.21. The Labute approximate surface area is 102 Å². The standard InChI is InChI=1S/C11H8Cl2O3/c1-16-11(15)7-2-5-3-8(12)9(13)4-6(5)10(7)14/h3-4,7H,2H2,1H3. The van der Waals surface area contributed by atoms with Crippen molar-refractivity contribution in [1.29, 1.82) is 0 Å². The van der Waals surface area contributed by atoms with Gasteiger partial charge in [0.05, 0.1) is 17.2 Å². The second kappa shape index (κ2) is 4.07. The summed E-state index contributed by atoms with van der Waals surface area (Å²) in [6, 6.07) is 3.13. The molecule has 0 fully saturated rings. The Morgan fingerprint density at radius 3 is 2.62 bits per heavy atom. The van der Waals surface area contributed by atoms with Gasteiger partial charge in [0, 0.05) is 5.56 Å². The number of ether oxygens (including phenoxy) is 1. The van der Waals surface area contributed by atoms with Crippen LogP contribution >= 0.6 is 23.2 Å². The Bertz CT molecular complexity index is 482. The van der Waals surface area contributed by atoms with E-state index in [0.29, 0.717) is 22.0 Å². The van der Waals surface area contributed by atoms with Crippen molar-refractivity contribution in [1.82, 2.24) is 0 Å². The lowest BCUT2D eigenvalue weighted by atomic mass is 10.1. The van der Waals surface area contributed by atoms with Crippen LogP contribution in [0.2, 0.25) is 10.0 Å². The van der Waals surface area contributed by atoms with Crippen molar-refractivity contribution in [2.24, 2.45) is 5.92 Å². The molecule has 1 unspecified atom stereocenters. The van der Waals surface area contributed by atoms with E-state index in [-0.39, 0.29) is 5.78 Å². The Balaban J connectivity index is 2.42. The van der Waals surface area contributed by atoms with Crippen molar-refractivity contribution in [3.8, 4) is 0 Å². The van der Waals surface area contributed by atoms with Crippen LogP contribution in [0.1, 0.15) is 15.9 Å². The molecule has 5 heteroatoms. The Hall–Kier alpha value is -1.06. The molecule has 1 aromatic rings. The average Bonchev–Trinajstić information content (AvgIpc) is 2.56. The summed E-state index contributed by atoms with van der Waals surface area (Å²) >= 11 is 11.7. The van der Waals surface area contributed by atoms with E-state index in [1.165, 1.54) is 13.2 Å². The minimum atomic E-state index is -0.755. The largest absolute Gasteiger partial charge is 0.468 e. The molecule has 0 aromatic heterocycles. The van der Waals surface area contributed by atoms with Crippen molar-refractivity contribution < 1.29 is 14.3 Å². The van der Waals surface area contributed by atoms with Crippen LogP contribution < -0.4 is 0 Å². The van der Waals surface area contributed by atoms with Gasteiger partial charge < -0.3 is 4.74 Å². The van der Waals surface area contributed by atoms with Crippen LogP contribution in [0.3, 0.4) is 0 Å². The third kappa shape index (κ3) is 1.70. The molecule has 1 aliphatic carbocycles. The molecule has 3 nitrogen and oxygen atoms in total. The molecule has 16 heavy (non-hydrogen) atoms. The van der Waals surface area contributed by atoms with Crippen molar-refractivity contribution >= 4 is 35.0 Å². The number of carbonyl (C=O) groups is 2. The first-order valence-corrected chi connectivity index (χ1v) is 5.40. The zero-order valence-electron chi connectivity index (χ0n) is 8.42. The van der Waals surface area contributed by atoms with Gasteiger partial charge in [-0.3, -0.25) is 9.59 Å². The SMILES string of the molecule is COC(=O)C1Cc2cc(Cl)c(Cl)cc2C1=O. The van der Waals surface area contributed by atoms with E-state index >= 15 is 0 Å². The normalized spacial score (nSPS) is 18.4. The van der Waals surface area contributed by atoms with Gasteiger partial charge in [-0.25, -0.2) is 0 Å². The van der Waals surface area contributed by atoms with Crippen LogP contribution in [0, 0.1) is 5.92 Å². The third-order valence-corrected chi connectivity index (χ3v) is 3.36. The first-order valence-electron chi connectivity index (χ1n) is 4.64. The fourth-order valence-electron chi connectivity index (χ4n) is 1.82. The predicted molar refractivity (Wildman–Crippen MR) is 60.0 cm³/mol. The number of hydrogen-bond acceptors (Lipinski definition) is 3. The summed E-state index contributed by atoms with van der Waals surface area (Å²) in [6.45, 7) is 0. The van der Waals surface area contributed by atoms with Crippen molar-refractivity contribution in [2.75, 3.05) is 7.11 Å². The zero-order chi connectivity index (χ0) is 11.9. The van der Waals surface area contributed by atoms with E-state index in [1.807, 2.05) is 0 Å². The Morgan fingerprint density at radius 2 is 2.00 bits per heavy atom. The molecule has 0 heterocycles. The maximum Gasteiger partial charge on any atom is 0.316 e. The Kier molecular flexibility index (Phi) is 2.91. The van der Waals surface area contributed by atoms with E-state index < -0.39 is 11.9 Å². The van der Waals surface area contributed by atoms with Gasteiger partial charge in [0.2, 0.25) is 0 Å². The Morgan fingerprint density at radius 1 is 1.38 bits per heavy atom. The number of carbonyl (C=O) groups excluding carboxylic acids is 2. The molecule has 0 radical (unpaired) electrons. The molecular formula is C11H8Cl2O3. The second-order valence-corrected chi connectivity index (χ2v) is 4.38. The first kappa shape index (κ1) is 11.4. The number of esters is 1. The zero-order valence-corrected chi connectivity index (χ0v) is 9.93. The molecule has 0 saturated heterocycles. The first-order chi connectivity index (χ1) is 7.54. The molecule has 0 aliphatic heterocycles. The van der Waals surface area contributed by atoms with E-state index in [0.717, 1.165) is 5.56 Å². The number of rotatable bonds is 1. The topological polar surface area (TPSA) is 43.4 Å². The molecule has 0 amide bonds. The van der Waals surface area contributed by atoms with Crippen LogP contribution in [-0.4, -0.2) is 18.9 Å². The maximum atomic E-state index is 11.9. The molecule has 2 rings (SSSR count). The highest BCUT2D eigenvalue weighted by Gasteiger charge is 2.37. The molecule has 84 valence electrons. The van der Waals surface area contributed by atoms with Gasteiger partial charge in [-0.05, 0) is 24.1 Å². The molecule has 0 spiro atoms. The van der Waals surface area contributed by atoms with Crippen molar-refractivity contribution in [3.63, 3.8) is 0 Å². The van der Waals surface area contributed by atoms with Gasteiger partial charge in [0.25, 0.3) is 0 Å². The third-order valence-electron chi connectivity index (χ3n) is 2.64. The van der Waals surface area contributed by atoms with E-state index in [9.17, 15) is 9.59 Å². The lowest BCUT2D eigenvalue weighted by molar-refractivity contribution is -0.143. The summed E-state index contributed by atoms with van der Waals surface area (Å²) in [5.74, 6) is -1.52. The summed E-state index contributed by atoms with van der Waals surface area (Å²) in [5, 5.41) is 0.706. The molecule has 1 aliphatic rings. The van der Waals surface area contributed by atoms with Crippen molar-refractivity contribution in [3.05, 3.63) is 33.3 Å². The number of fused-ring (bicyclic) bond motifs is 1. The van der Waals surface area contributed by atoms with Crippen LogP contribution in [0.25, 0.3) is 0 Å². The summed E-state index contributed by atoms with van der Waals surface area (Å²) in [5.41, 5.74) is 1.21. The fraction of sp³-hybridized carbons (Fsp3) is 0.273. The summed E-state index contributed by atoms with van der Waals surface area (Å²) < 4.78 is 4.57. The summed E-state index contributed by atoms with van der Waals surface area (Å²) in [4.78, 5) is 23.2. The number of methoxy groups -OCH3 is 1. The van der Waals surface area contributed by atoms with Gasteiger partial charge in [0.1, 0.15) is 5.92 Å². The maximum absolute atomic E-state index is 11.9. The second-order valence-electron chi connectivity index (χ2n) is 3.57. The van der Waals surface area contributed by atoms with E-state index in [4.69, 9.17) is 23.2 Å². The van der Waals surface area contributed by atoms with Gasteiger partial charge in [-0.2, -0.15) is 0 Å². The number of Topliss-reactive ketones (excluding diaryl/α,β-unsaturated/α-hetero) is 1. The fourth-order valence-corrected chi connectivity index (χ4v) is 2.17. The predicted octanol–water partition coefficient (Wildman–Crippen LogP) is 2.52. The highest BCUT2D eigenvalue weighted by Crippen LogP contribution is 2.33. The quantitative estimate of drug-likeness (QED) is 0.575. The van der Waals surface area contributed by atoms with Gasteiger partial charge in [-0.15, -0.1) is 0 Å². The molecule has 1 atom stereocenters. The van der Waals surface area contributed by atoms with Gasteiger partial charge in [-0.1, -0.05) is 23.2 Å². The smallest absolute Gasteiger partial charge is 0.316 e. The highest BCUT2D eigenvalue weighted by molar-refractivity contribution is 6.42. The average molecular weight is 259 g/mol. The van der Waals surface area contributed by atoms with Crippen LogP contribution in [-0.2, 0) is 16.0 Å². The minimum Gasteiger partial charge on any atom is -0.468 e. The monoisotopic (exact) mass is 258 g/mol. The van der Waals surface area contributed by atoms with E-state index in [2.05, 4.69) is 4.74 Å². The lowest BCUT2D eigenvalue weighted by Gasteiger charge is -2.03. The number of benzene rings is 1. The summed E-state index contributed by atoms with van der Waals surface area (Å²) in [6.07, 6.45) is 0.331. The molecule has 0 bridgehead atoms. The molecule has 1 aromatic carbocycles.